The average molecular weight is 322 g/mol. The second-order valence-electron chi connectivity index (χ2n) is 5.61. The summed E-state index contributed by atoms with van der Waals surface area (Å²) in [5.41, 5.74) is 1.10. The fourth-order valence-electron chi connectivity index (χ4n) is 3.10. The van der Waals surface area contributed by atoms with Crippen LogP contribution in [0.15, 0.2) is 16.7 Å². The van der Waals surface area contributed by atoms with E-state index in [1.807, 2.05) is 19.1 Å². The predicted octanol–water partition coefficient (Wildman–Crippen LogP) is 3.10. The summed E-state index contributed by atoms with van der Waals surface area (Å²) in [6.07, 6.45) is 2.16. The summed E-state index contributed by atoms with van der Waals surface area (Å²) in [5.74, 6) is 2.72. The van der Waals surface area contributed by atoms with Gasteiger partial charge in [-0.15, -0.1) is 0 Å². The van der Waals surface area contributed by atoms with Crippen molar-refractivity contribution in [3.8, 4) is 11.5 Å². The van der Waals surface area contributed by atoms with E-state index in [2.05, 4.69) is 15.0 Å². The molecule has 22 heavy (non-hydrogen) atoms. The number of likely N-dealkylation sites (tertiary alicyclic amines) is 1. The van der Waals surface area contributed by atoms with Crippen molar-refractivity contribution in [2.24, 2.45) is 0 Å². The lowest BCUT2D eigenvalue weighted by molar-refractivity contribution is 0.174. The molecule has 0 amide bonds. The molecule has 0 spiro atoms. The maximum atomic E-state index is 6.25. The first-order valence-corrected chi connectivity index (χ1v) is 7.71. The highest BCUT2D eigenvalue weighted by atomic mass is 35.5. The normalized spacial score (nSPS) is 20.7. The van der Waals surface area contributed by atoms with Gasteiger partial charge in [-0.05, 0) is 37.1 Å². The van der Waals surface area contributed by atoms with Crippen LogP contribution in [0, 0.1) is 6.92 Å². The van der Waals surface area contributed by atoms with Crippen molar-refractivity contribution in [1.29, 1.82) is 0 Å². The highest BCUT2D eigenvalue weighted by Crippen LogP contribution is 2.41. The van der Waals surface area contributed by atoms with Crippen molar-refractivity contribution < 1.29 is 14.0 Å². The van der Waals surface area contributed by atoms with Crippen LogP contribution in [0.25, 0.3) is 0 Å². The molecule has 1 saturated heterocycles. The first-order valence-electron chi connectivity index (χ1n) is 7.33. The van der Waals surface area contributed by atoms with E-state index in [4.69, 9.17) is 25.6 Å². The van der Waals surface area contributed by atoms with E-state index in [-0.39, 0.29) is 12.8 Å². The van der Waals surface area contributed by atoms with Gasteiger partial charge in [0.1, 0.15) is 0 Å². The SMILES string of the molecule is Cc1nc(C2CCCN2Cc2cc(Cl)c3c(c2)OCO3)no1. The molecule has 116 valence electrons. The number of fused-ring (bicyclic) bond motifs is 1. The van der Waals surface area contributed by atoms with Gasteiger partial charge >= 0.3 is 0 Å². The average Bonchev–Trinajstić information content (AvgIpc) is 3.19. The lowest BCUT2D eigenvalue weighted by Crippen LogP contribution is -2.23. The molecule has 1 aromatic heterocycles. The van der Waals surface area contributed by atoms with Crippen LogP contribution in [0.3, 0.4) is 0 Å². The Morgan fingerprint density at radius 1 is 1.36 bits per heavy atom. The predicted molar refractivity (Wildman–Crippen MR) is 79.0 cm³/mol. The molecule has 2 aromatic rings. The second-order valence-corrected chi connectivity index (χ2v) is 6.02. The van der Waals surface area contributed by atoms with Crippen molar-refractivity contribution in [3.05, 3.63) is 34.4 Å². The summed E-state index contributed by atoms with van der Waals surface area (Å²) in [4.78, 5) is 6.72. The van der Waals surface area contributed by atoms with Crippen molar-refractivity contribution in [3.63, 3.8) is 0 Å². The Morgan fingerprint density at radius 2 is 2.27 bits per heavy atom. The zero-order valence-corrected chi connectivity index (χ0v) is 13.0. The minimum atomic E-state index is 0.196. The van der Waals surface area contributed by atoms with Crippen molar-refractivity contribution >= 4 is 11.6 Å². The van der Waals surface area contributed by atoms with Gasteiger partial charge in [-0.25, -0.2) is 0 Å². The Balaban J connectivity index is 1.56. The van der Waals surface area contributed by atoms with E-state index in [1.54, 1.807) is 0 Å². The first-order chi connectivity index (χ1) is 10.7. The van der Waals surface area contributed by atoms with Gasteiger partial charge < -0.3 is 14.0 Å². The molecule has 2 aliphatic heterocycles. The van der Waals surface area contributed by atoms with Gasteiger partial charge in [0.2, 0.25) is 12.7 Å². The molecule has 1 fully saturated rings. The topological polar surface area (TPSA) is 60.6 Å². The van der Waals surface area contributed by atoms with Crippen LogP contribution in [-0.2, 0) is 6.54 Å². The number of rotatable bonds is 3. The largest absolute Gasteiger partial charge is 0.454 e. The fraction of sp³-hybridized carbons (Fsp3) is 0.467. The minimum absolute atomic E-state index is 0.196. The molecular formula is C15H16ClN3O3. The van der Waals surface area contributed by atoms with E-state index >= 15 is 0 Å². The quantitative estimate of drug-likeness (QED) is 0.865. The molecule has 6 nitrogen and oxygen atoms in total. The summed E-state index contributed by atoms with van der Waals surface area (Å²) < 4.78 is 15.9. The van der Waals surface area contributed by atoms with Gasteiger partial charge in [0.25, 0.3) is 0 Å². The summed E-state index contributed by atoms with van der Waals surface area (Å²) in [6, 6.07) is 4.12. The number of aromatic nitrogens is 2. The summed E-state index contributed by atoms with van der Waals surface area (Å²) >= 11 is 6.25. The molecule has 7 heteroatoms. The van der Waals surface area contributed by atoms with E-state index in [0.717, 1.165) is 37.3 Å². The molecule has 0 radical (unpaired) electrons. The maximum absolute atomic E-state index is 6.25. The molecule has 4 rings (SSSR count). The smallest absolute Gasteiger partial charge is 0.231 e. The fourth-order valence-corrected chi connectivity index (χ4v) is 3.39. The molecule has 0 N–H and O–H groups in total. The lowest BCUT2D eigenvalue weighted by atomic mass is 10.1. The number of hydrogen-bond donors (Lipinski definition) is 0. The van der Waals surface area contributed by atoms with Crippen LogP contribution in [0.4, 0.5) is 0 Å². The second kappa shape index (κ2) is 5.44. The van der Waals surface area contributed by atoms with Crippen molar-refractivity contribution in [1.82, 2.24) is 15.0 Å². The number of nitrogens with zero attached hydrogens (tertiary/aromatic N) is 3. The number of halogens is 1. The number of aryl methyl sites for hydroxylation is 1. The number of ether oxygens (including phenoxy) is 2. The Labute approximate surface area is 133 Å². The molecule has 1 aromatic carbocycles. The van der Waals surface area contributed by atoms with E-state index in [9.17, 15) is 0 Å². The third-order valence-corrected chi connectivity index (χ3v) is 4.36. The van der Waals surface area contributed by atoms with Gasteiger partial charge in [-0.2, -0.15) is 4.98 Å². The van der Waals surface area contributed by atoms with Gasteiger partial charge in [0.15, 0.2) is 17.3 Å². The molecule has 2 aliphatic rings. The van der Waals surface area contributed by atoms with Crippen LogP contribution in [0.1, 0.15) is 36.2 Å². The summed E-state index contributed by atoms with van der Waals surface area (Å²) in [7, 11) is 0. The minimum Gasteiger partial charge on any atom is -0.454 e. The van der Waals surface area contributed by atoms with Crippen LogP contribution in [-0.4, -0.2) is 28.4 Å². The molecule has 1 atom stereocenters. The monoisotopic (exact) mass is 321 g/mol. The molecule has 0 bridgehead atoms. The van der Waals surface area contributed by atoms with E-state index in [1.165, 1.54) is 0 Å². The lowest BCUT2D eigenvalue weighted by Gasteiger charge is -2.22. The highest BCUT2D eigenvalue weighted by molar-refractivity contribution is 6.32. The Kier molecular flexibility index (Phi) is 3.43. The molecule has 0 aliphatic carbocycles. The Morgan fingerprint density at radius 3 is 3.09 bits per heavy atom. The standard InChI is InChI=1S/C15H16ClN3O3/c1-9-17-15(18-22-9)12-3-2-4-19(12)7-10-5-11(16)14-13(6-10)20-8-21-14/h5-6,12H,2-4,7-8H2,1H3. The van der Waals surface area contributed by atoms with Gasteiger partial charge in [-0.1, -0.05) is 16.8 Å². The van der Waals surface area contributed by atoms with Gasteiger partial charge in [0.05, 0.1) is 11.1 Å². The molecule has 3 heterocycles. The zero-order valence-electron chi connectivity index (χ0n) is 12.2. The van der Waals surface area contributed by atoms with E-state index in [0.29, 0.717) is 22.4 Å². The zero-order chi connectivity index (χ0) is 15.1. The number of hydrogen-bond acceptors (Lipinski definition) is 6. The third kappa shape index (κ3) is 2.42. The van der Waals surface area contributed by atoms with Crippen LogP contribution in [0.2, 0.25) is 5.02 Å². The van der Waals surface area contributed by atoms with E-state index < -0.39 is 0 Å². The number of benzene rings is 1. The van der Waals surface area contributed by atoms with Gasteiger partial charge in [0, 0.05) is 13.5 Å². The Bertz CT molecular complexity index is 703. The van der Waals surface area contributed by atoms with Crippen molar-refractivity contribution in [2.75, 3.05) is 13.3 Å². The van der Waals surface area contributed by atoms with Crippen LogP contribution < -0.4 is 9.47 Å². The maximum Gasteiger partial charge on any atom is 0.231 e. The molecule has 0 saturated carbocycles. The first kappa shape index (κ1) is 13.8. The van der Waals surface area contributed by atoms with Crippen LogP contribution >= 0.6 is 11.6 Å². The third-order valence-electron chi connectivity index (χ3n) is 4.08. The molecular weight excluding hydrogens is 306 g/mol. The highest BCUT2D eigenvalue weighted by Gasteiger charge is 2.30. The molecule has 1 unspecified atom stereocenters. The summed E-state index contributed by atoms with van der Waals surface area (Å²) in [6.45, 7) is 3.82. The summed E-state index contributed by atoms with van der Waals surface area (Å²) in [5, 5.41) is 4.66. The Hall–Kier alpha value is -1.79. The van der Waals surface area contributed by atoms with Crippen molar-refractivity contribution in [2.45, 2.75) is 32.4 Å². The van der Waals surface area contributed by atoms with Crippen LogP contribution in [0.5, 0.6) is 11.5 Å². The van der Waals surface area contributed by atoms with Gasteiger partial charge in [-0.3, -0.25) is 4.90 Å².